The van der Waals surface area contributed by atoms with Crippen LogP contribution in [-0.4, -0.2) is 8.65 Å². The van der Waals surface area contributed by atoms with E-state index in [1.54, 1.807) is 0 Å². The molecular formula is C8H10Br2. The average molecular weight is 266 g/mol. The fourth-order valence-corrected chi connectivity index (χ4v) is 5.85. The summed E-state index contributed by atoms with van der Waals surface area (Å²) in [6.07, 6.45) is 5.82. The van der Waals surface area contributed by atoms with Crippen LogP contribution in [0, 0.1) is 11.8 Å². The summed E-state index contributed by atoms with van der Waals surface area (Å²) in [7, 11) is 0. The van der Waals surface area contributed by atoms with Gasteiger partial charge in [-0.1, -0.05) is 31.9 Å². The lowest BCUT2D eigenvalue weighted by Crippen LogP contribution is -2.21. The summed E-state index contributed by atoms with van der Waals surface area (Å²) in [5.41, 5.74) is 0. The Morgan fingerprint density at radius 2 is 1.50 bits per heavy atom. The highest BCUT2D eigenvalue weighted by atomic mass is 79.9. The minimum Gasteiger partial charge on any atom is -0.0834 e. The molecule has 0 aliphatic heterocycles. The molecule has 56 valence electrons. The van der Waals surface area contributed by atoms with Gasteiger partial charge in [0.2, 0.25) is 0 Å². The predicted molar refractivity (Wildman–Crippen MR) is 48.8 cm³/mol. The number of halogens is 2. The highest BCUT2D eigenvalue weighted by molar-refractivity contribution is 9.13. The van der Waals surface area contributed by atoms with Gasteiger partial charge in [-0.2, -0.15) is 0 Å². The molecule has 0 nitrogen and oxygen atoms in total. The largest absolute Gasteiger partial charge is 0.0834 e. The molecular weight excluding hydrogens is 256 g/mol. The monoisotopic (exact) mass is 264 g/mol. The van der Waals surface area contributed by atoms with E-state index in [1.165, 1.54) is 25.7 Å². The third-order valence-electron chi connectivity index (χ3n) is 3.81. The minimum absolute atomic E-state index is 0.545. The maximum Gasteiger partial charge on any atom is 0.0456 e. The van der Waals surface area contributed by atoms with E-state index < -0.39 is 0 Å². The van der Waals surface area contributed by atoms with Gasteiger partial charge in [-0.05, 0) is 37.5 Å². The van der Waals surface area contributed by atoms with Crippen molar-refractivity contribution in [3.05, 3.63) is 0 Å². The first-order valence-electron chi connectivity index (χ1n) is 4.05. The fourth-order valence-electron chi connectivity index (χ4n) is 3.11. The lowest BCUT2D eigenvalue weighted by atomic mass is 10.0. The van der Waals surface area contributed by atoms with Crippen molar-refractivity contribution in [1.82, 2.24) is 0 Å². The summed E-state index contributed by atoms with van der Waals surface area (Å²) >= 11 is 7.77. The Morgan fingerprint density at radius 1 is 1.00 bits per heavy atom. The molecule has 0 aromatic rings. The molecule has 3 fully saturated rings. The molecule has 0 unspecified atom stereocenters. The first-order chi connectivity index (χ1) is 4.67. The molecule has 3 rings (SSSR count). The lowest BCUT2D eigenvalue weighted by molar-refractivity contribution is 0.514. The third-order valence-corrected chi connectivity index (χ3v) is 7.61. The molecule has 2 heteroatoms. The van der Waals surface area contributed by atoms with Gasteiger partial charge in [0.15, 0.2) is 0 Å². The second-order valence-corrected chi connectivity index (χ2v) is 6.94. The van der Waals surface area contributed by atoms with Crippen LogP contribution >= 0.6 is 31.9 Å². The number of rotatable bonds is 0. The van der Waals surface area contributed by atoms with E-state index in [-0.39, 0.29) is 0 Å². The van der Waals surface area contributed by atoms with E-state index in [0.29, 0.717) is 8.65 Å². The standard InChI is InChI=1S/C8H10Br2/c9-7-4-8(7,10)6-2-1-5(7)3-6/h5-6H,1-4H2/t5-,6+,7+,8-. The molecule has 3 saturated carbocycles. The van der Waals surface area contributed by atoms with Crippen LogP contribution in [0.3, 0.4) is 0 Å². The Morgan fingerprint density at radius 3 is 1.80 bits per heavy atom. The van der Waals surface area contributed by atoms with Crippen molar-refractivity contribution < 1.29 is 0 Å². The van der Waals surface area contributed by atoms with E-state index in [0.717, 1.165) is 11.8 Å². The molecule has 0 spiro atoms. The summed E-state index contributed by atoms with van der Waals surface area (Å²) in [4.78, 5) is 0. The normalized spacial score (nSPS) is 70.2. The van der Waals surface area contributed by atoms with Crippen LogP contribution in [-0.2, 0) is 0 Å². The van der Waals surface area contributed by atoms with Crippen LogP contribution in [0.1, 0.15) is 25.7 Å². The SMILES string of the molecule is Br[C@@]12C[C@]1(Br)[C@@H]1CC[C@H]2C1. The maximum atomic E-state index is 3.88. The fraction of sp³-hybridized carbons (Fsp3) is 1.00. The highest BCUT2D eigenvalue weighted by Gasteiger charge is 2.77. The predicted octanol–water partition coefficient (Wildman–Crippen LogP) is 3.09. The van der Waals surface area contributed by atoms with Crippen molar-refractivity contribution in [2.45, 2.75) is 34.3 Å². The molecule has 0 aromatic heterocycles. The van der Waals surface area contributed by atoms with E-state index in [1.807, 2.05) is 0 Å². The molecule has 3 aliphatic carbocycles. The van der Waals surface area contributed by atoms with E-state index in [4.69, 9.17) is 0 Å². The van der Waals surface area contributed by atoms with Crippen molar-refractivity contribution in [2.75, 3.05) is 0 Å². The second kappa shape index (κ2) is 1.52. The van der Waals surface area contributed by atoms with E-state index in [2.05, 4.69) is 31.9 Å². The van der Waals surface area contributed by atoms with Crippen LogP contribution in [0.2, 0.25) is 0 Å². The zero-order chi connectivity index (χ0) is 6.98. The van der Waals surface area contributed by atoms with Crippen molar-refractivity contribution in [2.24, 2.45) is 11.8 Å². The Balaban J connectivity index is 2.08. The van der Waals surface area contributed by atoms with E-state index in [9.17, 15) is 0 Å². The van der Waals surface area contributed by atoms with Crippen LogP contribution < -0.4 is 0 Å². The van der Waals surface area contributed by atoms with Gasteiger partial charge >= 0.3 is 0 Å². The van der Waals surface area contributed by atoms with Crippen molar-refractivity contribution >= 4 is 31.9 Å². The molecule has 0 amide bonds. The first-order valence-corrected chi connectivity index (χ1v) is 5.63. The Labute approximate surface area is 78.0 Å². The number of alkyl halides is 2. The molecule has 2 bridgehead atoms. The molecule has 0 heterocycles. The summed E-state index contributed by atoms with van der Waals surface area (Å²) < 4.78 is 1.09. The van der Waals surface area contributed by atoms with Crippen LogP contribution in [0.25, 0.3) is 0 Å². The van der Waals surface area contributed by atoms with Gasteiger partial charge in [-0.25, -0.2) is 0 Å². The molecule has 0 radical (unpaired) electrons. The van der Waals surface area contributed by atoms with Crippen LogP contribution in [0.4, 0.5) is 0 Å². The zero-order valence-electron chi connectivity index (χ0n) is 5.74. The topological polar surface area (TPSA) is 0 Å². The Hall–Kier alpha value is 0.960. The summed E-state index contributed by atoms with van der Waals surface area (Å²) in [6.45, 7) is 0. The zero-order valence-corrected chi connectivity index (χ0v) is 8.91. The van der Waals surface area contributed by atoms with Gasteiger partial charge in [-0.3, -0.25) is 0 Å². The van der Waals surface area contributed by atoms with Gasteiger partial charge in [0.25, 0.3) is 0 Å². The number of hydrogen-bond donors (Lipinski definition) is 0. The molecule has 0 aromatic carbocycles. The van der Waals surface area contributed by atoms with Crippen LogP contribution in [0.15, 0.2) is 0 Å². The van der Waals surface area contributed by atoms with Gasteiger partial charge in [0, 0.05) is 8.65 Å². The number of hydrogen-bond acceptors (Lipinski definition) is 0. The van der Waals surface area contributed by atoms with Gasteiger partial charge < -0.3 is 0 Å². The highest BCUT2D eigenvalue weighted by Crippen LogP contribution is 2.79. The maximum absolute atomic E-state index is 3.88. The molecule has 4 atom stereocenters. The molecule has 3 aliphatic rings. The Bertz CT molecular complexity index is 183. The Kier molecular flexibility index (Phi) is 0.982. The van der Waals surface area contributed by atoms with Gasteiger partial charge in [0.1, 0.15) is 0 Å². The number of fused-ring (bicyclic) bond motifs is 5. The molecule has 0 saturated heterocycles. The molecule has 10 heavy (non-hydrogen) atoms. The van der Waals surface area contributed by atoms with Crippen molar-refractivity contribution in [3.63, 3.8) is 0 Å². The minimum atomic E-state index is 0.545. The van der Waals surface area contributed by atoms with Gasteiger partial charge in [0.05, 0.1) is 0 Å². The summed E-state index contributed by atoms with van der Waals surface area (Å²) in [5.74, 6) is 1.99. The van der Waals surface area contributed by atoms with Crippen LogP contribution in [0.5, 0.6) is 0 Å². The smallest absolute Gasteiger partial charge is 0.0456 e. The first kappa shape index (κ1) is 6.47. The molecule has 0 N–H and O–H groups in total. The summed E-state index contributed by atoms with van der Waals surface area (Å²) in [5, 5.41) is 0. The van der Waals surface area contributed by atoms with Gasteiger partial charge in [-0.15, -0.1) is 0 Å². The second-order valence-electron chi connectivity index (χ2n) is 4.11. The van der Waals surface area contributed by atoms with E-state index >= 15 is 0 Å². The van der Waals surface area contributed by atoms with Crippen molar-refractivity contribution in [1.29, 1.82) is 0 Å². The quantitative estimate of drug-likeness (QED) is 0.591. The third kappa shape index (κ3) is 0.465. The lowest BCUT2D eigenvalue weighted by Gasteiger charge is -2.20. The average Bonchev–Trinajstić information content (AvgIpc) is 2.25. The summed E-state index contributed by atoms with van der Waals surface area (Å²) in [6, 6.07) is 0. The van der Waals surface area contributed by atoms with Crippen molar-refractivity contribution in [3.8, 4) is 0 Å².